The van der Waals surface area contributed by atoms with Crippen molar-refractivity contribution in [2.45, 2.75) is 24.9 Å². The van der Waals surface area contributed by atoms with Crippen molar-refractivity contribution in [1.82, 2.24) is 15.0 Å². The van der Waals surface area contributed by atoms with Gasteiger partial charge in [0, 0.05) is 37.0 Å². The molecule has 0 radical (unpaired) electrons. The first-order valence-corrected chi connectivity index (χ1v) is 8.88. The fourth-order valence-electron chi connectivity index (χ4n) is 3.50. The van der Waals surface area contributed by atoms with Crippen molar-refractivity contribution in [1.29, 1.82) is 0 Å². The Hall–Kier alpha value is -2.83. The van der Waals surface area contributed by atoms with Gasteiger partial charge in [0.1, 0.15) is 5.82 Å². The zero-order valence-corrected chi connectivity index (χ0v) is 14.6. The van der Waals surface area contributed by atoms with Gasteiger partial charge in [-0.05, 0) is 37.1 Å². The van der Waals surface area contributed by atoms with Crippen LogP contribution in [0.1, 0.15) is 30.1 Å². The number of piperidine rings is 1. The van der Waals surface area contributed by atoms with Gasteiger partial charge in [0.05, 0.1) is 23.1 Å². The van der Waals surface area contributed by atoms with Gasteiger partial charge in [-0.1, -0.05) is 12.1 Å². The lowest BCUT2D eigenvalue weighted by Gasteiger charge is -2.32. The highest BCUT2D eigenvalue weighted by atomic mass is 19.4. The smallest absolute Gasteiger partial charge is 0.370 e. The molecule has 1 fully saturated rings. The number of hydrogen-bond donors (Lipinski definition) is 1. The second-order valence-electron chi connectivity index (χ2n) is 6.72. The maximum absolute atomic E-state index is 12.9. The molecule has 2 aromatic heterocycles. The highest BCUT2D eigenvalue weighted by Crippen LogP contribution is 2.33. The summed E-state index contributed by atoms with van der Waals surface area (Å²) >= 11 is 0. The fourth-order valence-corrected chi connectivity index (χ4v) is 3.50. The molecule has 0 unspecified atom stereocenters. The molecule has 27 heavy (non-hydrogen) atoms. The Morgan fingerprint density at radius 2 is 1.89 bits per heavy atom. The van der Waals surface area contributed by atoms with Gasteiger partial charge in [-0.3, -0.25) is 4.98 Å². The summed E-state index contributed by atoms with van der Waals surface area (Å²) in [5.41, 5.74) is 1.47. The Labute approximate surface area is 155 Å². The fraction of sp³-hybridized carbons (Fsp3) is 0.300. The zero-order valence-electron chi connectivity index (χ0n) is 14.6. The number of imidazole rings is 1. The van der Waals surface area contributed by atoms with E-state index >= 15 is 0 Å². The molecule has 0 saturated carbocycles. The molecule has 7 heteroatoms. The summed E-state index contributed by atoms with van der Waals surface area (Å²) in [4.78, 5) is 14.2. The lowest BCUT2D eigenvalue weighted by atomic mass is 9.96. The summed E-state index contributed by atoms with van der Waals surface area (Å²) in [6, 6.07) is 9.26. The Balaban J connectivity index is 1.46. The largest absolute Gasteiger partial charge is 0.416 e. The highest BCUT2D eigenvalue weighted by molar-refractivity contribution is 5.60. The van der Waals surface area contributed by atoms with Gasteiger partial charge in [-0.15, -0.1) is 0 Å². The van der Waals surface area contributed by atoms with E-state index in [1.54, 1.807) is 18.5 Å². The summed E-state index contributed by atoms with van der Waals surface area (Å²) in [6.45, 7) is 1.80. The van der Waals surface area contributed by atoms with Crippen LogP contribution in [0, 0.1) is 0 Å². The number of alkyl halides is 3. The molecule has 1 aliphatic rings. The third kappa shape index (κ3) is 3.82. The van der Waals surface area contributed by atoms with Gasteiger partial charge in [0.15, 0.2) is 0 Å². The van der Waals surface area contributed by atoms with E-state index in [0.29, 0.717) is 11.3 Å². The van der Waals surface area contributed by atoms with Crippen molar-refractivity contribution in [3.05, 3.63) is 66.4 Å². The number of nitrogens with one attached hydrogen (secondary N) is 1. The van der Waals surface area contributed by atoms with Crippen molar-refractivity contribution in [2.75, 3.05) is 18.0 Å². The van der Waals surface area contributed by atoms with E-state index in [-0.39, 0.29) is 5.92 Å². The van der Waals surface area contributed by atoms with E-state index < -0.39 is 11.7 Å². The van der Waals surface area contributed by atoms with Crippen molar-refractivity contribution in [2.24, 2.45) is 0 Å². The first-order valence-electron chi connectivity index (χ1n) is 8.88. The molecule has 4 rings (SSSR count). The van der Waals surface area contributed by atoms with Crippen LogP contribution in [0.5, 0.6) is 0 Å². The third-order valence-corrected chi connectivity index (χ3v) is 4.98. The summed E-state index contributed by atoms with van der Waals surface area (Å²) in [7, 11) is 0. The van der Waals surface area contributed by atoms with E-state index in [1.165, 1.54) is 6.07 Å². The van der Waals surface area contributed by atoms with Gasteiger partial charge in [-0.2, -0.15) is 13.2 Å². The molecule has 0 spiro atoms. The number of aromatic amines is 1. The normalized spacial score (nSPS) is 15.9. The molecular weight excluding hydrogens is 353 g/mol. The Bertz CT molecular complexity index is 897. The molecule has 0 aliphatic carbocycles. The first-order chi connectivity index (χ1) is 13.0. The number of halogens is 3. The molecule has 0 bridgehead atoms. The monoisotopic (exact) mass is 372 g/mol. The number of benzene rings is 1. The van der Waals surface area contributed by atoms with Crippen molar-refractivity contribution < 1.29 is 13.2 Å². The quantitative estimate of drug-likeness (QED) is 0.713. The molecule has 1 aromatic carbocycles. The van der Waals surface area contributed by atoms with Crippen molar-refractivity contribution >= 4 is 5.69 Å². The van der Waals surface area contributed by atoms with Crippen molar-refractivity contribution in [3.8, 4) is 11.3 Å². The van der Waals surface area contributed by atoms with E-state index in [9.17, 15) is 13.2 Å². The van der Waals surface area contributed by atoms with Gasteiger partial charge in [0.2, 0.25) is 0 Å². The van der Waals surface area contributed by atoms with E-state index in [1.807, 2.05) is 18.3 Å². The lowest BCUT2D eigenvalue weighted by Crippen LogP contribution is -2.33. The second-order valence-corrected chi connectivity index (χ2v) is 6.72. The van der Waals surface area contributed by atoms with Crippen LogP contribution in [0.15, 0.2) is 55.0 Å². The molecule has 4 nitrogen and oxygen atoms in total. The van der Waals surface area contributed by atoms with Crippen molar-refractivity contribution in [3.63, 3.8) is 0 Å². The van der Waals surface area contributed by atoms with Gasteiger partial charge >= 0.3 is 6.18 Å². The number of pyridine rings is 1. The predicted octanol–water partition coefficient (Wildman–Crippen LogP) is 4.87. The van der Waals surface area contributed by atoms with Gasteiger partial charge in [-0.25, -0.2) is 4.98 Å². The molecule has 1 saturated heterocycles. The van der Waals surface area contributed by atoms with Crippen LogP contribution in [0.3, 0.4) is 0 Å². The zero-order chi connectivity index (χ0) is 18.9. The Morgan fingerprint density at radius 1 is 1.07 bits per heavy atom. The van der Waals surface area contributed by atoms with E-state index in [2.05, 4.69) is 19.9 Å². The number of rotatable bonds is 3. The number of H-pyrrole nitrogens is 1. The van der Waals surface area contributed by atoms with E-state index in [0.717, 1.165) is 49.6 Å². The predicted molar refractivity (Wildman–Crippen MR) is 97.5 cm³/mol. The average molecular weight is 372 g/mol. The standard InChI is InChI=1S/C20H19F3N4/c21-20(22,23)16-4-1-3-15(11-16)18-13-25-19(26-18)14-6-9-27(10-7-14)17-5-2-8-24-12-17/h1-5,8,11-14H,6-7,9-10H2,(H,25,26). The lowest BCUT2D eigenvalue weighted by molar-refractivity contribution is -0.137. The van der Waals surface area contributed by atoms with Crippen LogP contribution in [0.4, 0.5) is 18.9 Å². The maximum Gasteiger partial charge on any atom is 0.416 e. The number of nitrogens with zero attached hydrogens (tertiary/aromatic N) is 3. The Morgan fingerprint density at radius 3 is 2.59 bits per heavy atom. The second kappa shape index (κ2) is 7.06. The minimum absolute atomic E-state index is 0.275. The number of aromatic nitrogens is 3. The minimum atomic E-state index is -4.35. The van der Waals surface area contributed by atoms with Crippen LogP contribution < -0.4 is 4.90 Å². The molecule has 3 aromatic rings. The highest BCUT2D eigenvalue weighted by Gasteiger charge is 2.30. The molecular formula is C20H19F3N4. The Kier molecular flexibility index (Phi) is 4.59. The summed E-state index contributed by atoms with van der Waals surface area (Å²) in [5, 5.41) is 0. The van der Waals surface area contributed by atoms with Crippen LogP contribution in [0.2, 0.25) is 0 Å². The molecule has 1 N–H and O–H groups in total. The minimum Gasteiger partial charge on any atom is -0.370 e. The summed E-state index contributed by atoms with van der Waals surface area (Å²) in [6.07, 6.45) is 2.83. The molecule has 3 heterocycles. The van der Waals surface area contributed by atoms with Gasteiger partial charge in [0.25, 0.3) is 0 Å². The first kappa shape index (κ1) is 17.6. The molecule has 140 valence electrons. The van der Waals surface area contributed by atoms with Crippen LogP contribution in [-0.4, -0.2) is 28.0 Å². The average Bonchev–Trinajstić information content (AvgIpc) is 3.19. The molecule has 0 amide bonds. The van der Waals surface area contributed by atoms with E-state index in [4.69, 9.17) is 0 Å². The summed E-state index contributed by atoms with van der Waals surface area (Å²) in [5.74, 6) is 1.12. The summed E-state index contributed by atoms with van der Waals surface area (Å²) < 4.78 is 38.8. The molecule has 1 aliphatic heterocycles. The van der Waals surface area contributed by atoms with Gasteiger partial charge < -0.3 is 9.88 Å². The number of anilines is 1. The number of hydrogen-bond acceptors (Lipinski definition) is 3. The van der Waals surface area contributed by atoms with Crippen LogP contribution >= 0.6 is 0 Å². The van der Waals surface area contributed by atoms with Crippen LogP contribution in [0.25, 0.3) is 11.3 Å². The third-order valence-electron chi connectivity index (χ3n) is 4.98. The topological polar surface area (TPSA) is 44.8 Å². The van der Waals surface area contributed by atoms with Crippen LogP contribution in [-0.2, 0) is 6.18 Å². The maximum atomic E-state index is 12.9. The SMILES string of the molecule is FC(F)(F)c1cccc(-c2c[nH]c(C3CCN(c4cccnc4)CC3)n2)c1. The molecule has 0 atom stereocenters.